The minimum absolute atomic E-state index is 0. The van der Waals surface area contributed by atoms with E-state index in [-0.39, 0.29) is 48.9 Å². The largest absolute Gasteiger partial charge is 0.512 e. The van der Waals surface area contributed by atoms with Crippen LogP contribution >= 0.6 is 11.3 Å². The quantitative estimate of drug-likeness (QED) is 0.0862. The van der Waals surface area contributed by atoms with E-state index >= 15 is 0 Å². The van der Waals surface area contributed by atoms with Gasteiger partial charge in [0.05, 0.1) is 5.76 Å². The maximum absolute atomic E-state index is 11.7. The number of pyridine rings is 2. The minimum atomic E-state index is 0. The topological polar surface area (TPSA) is 63.1 Å². The molecule has 0 aliphatic heterocycles. The minimum Gasteiger partial charge on any atom is -0.512 e. The van der Waals surface area contributed by atoms with Gasteiger partial charge in [-0.05, 0) is 85.4 Å². The van der Waals surface area contributed by atoms with Gasteiger partial charge in [-0.1, -0.05) is 91.5 Å². The Labute approximate surface area is 323 Å². The van der Waals surface area contributed by atoms with E-state index in [0.29, 0.717) is 5.92 Å². The van der Waals surface area contributed by atoms with Crippen LogP contribution in [-0.2, 0) is 49.6 Å². The maximum atomic E-state index is 11.7. The van der Waals surface area contributed by atoms with Crippen LogP contribution < -0.4 is 0 Å². The average molecular weight is 880 g/mol. The Morgan fingerprint density at radius 1 is 0.941 bits per heavy atom. The Balaban J connectivity index is 0.000000312. The fraction of sp³-hybridized carbons (Fsp3) is 0.444. The molecule has 51 heavy (non-hydrogen) atoms. The number of aliphatic hydroxyl groups excluding tert-OH is 1. The molecule has 6 heteroatoms. The van der Waals surface area contributed by atoms with Crippen molar-refractivity contribution in [3.05, 3.63) is 95.1 Å². The third-order valence-corrected chi connectivity index (χ3v) is 11.4. The van der Waals surface area contributed by atoms with E-state index in [1.807, 2.05) is 45.2 Å². The van der Waals surface area contributed by atoms with E-state index < -0.39 is 0 Å². The van der Waals surface area contributed by atoms with Crippen molar-refractivity contribution in [1.82, 2.24) is 9.97 Å². The number of thiophene rings is 1. The summed E-state index contributed by atoms with van der Waals surface area (Å²) in [5.74, 6) is 1.17. The summed E-state index contributed by atoms with van der Waals surface area (Å²) in [6.07, 6.45) is 9.97. The molecule has 0 saturated heterocycles. The number of nitrogens with zero attached hydrogens (tertiary/aromatic N) is 2. The normalized spacial score (nSPS) is 12.9. The van der Waals surface area contributed by atoms with Gasteiger partial charge in [0.15, 0.2) is 5.78 Å². The van der Waals surface area contributed by atoms with E-state index in [9.17, 15) is 9.90 Å². The van der Waals surface area contributed by atoms with E-state index in [4.69, 9.17) is 9.97 Å². The van der Waals surface area contributed by atoms with Gasteiger partial charge in [0.1, 0.15) is 0 Å². The van der Waals surface area contributed by atoms with Crippen LogP contribution in [-0.4, -0.2) is 20.9 Å². The predicted molar refractivity (Wildman–Crippen MR) is 213 cm³/mol. The molecule has 0 amide bonds. The standard InChI is InChI=1S/C32H31N2S.C13H24O2.Ir/c1-19(2)16-22-10-11-26-28(34-22)13-12-24-25-14-15-33-29(31(25)35-30(24)26)21-17-20-8-6-7-9-23(20)27(18-21)32(3,4)5;1-5-10(6-2)12(14)9-13(15)11(7-3)8-4;/h6-11,14-15,18-19H,12-13,16H2,1-5H3;9-11,14H,5-8H2,1-4H3;/q-1;;/b;12-9-;. The van der Waals surface area contributed by atoms with E-state index in [2.05, 4.69) is 89.2 Å². The van der Waals surface area contributed by atoms with Crippen molar-refractivity contribution in [2.24, 2.45) is 17.8 Å². The maximum Gasteiger partial charge on any atom is 0.162 e. The smallest absolute Gasteiger partial charge is 0.162 e. The summed E-state index contributed by atoms with van der Waals surface area (Å²) >= 11 is 1.88. The van der Waals surface area contributed by atoms with Crippen LogP contribution in [0.25, 0.3) is 42.6 Å². The summed E-state index contributed by atoms with van der Waals surface area (Å²) in [4.78, 5) is 23.1. The summed E-state index contributed by atoms with van der Waals surface area (Å²) in [6.45, 7) is 19.4. The van der Waals surface area contributed by atoms with Crippen molar-refractivity contribution >= 4 is 38.0 Å². The van der Waals surface area contributed by atoms with Crippen molar-refractivity contribution in [3.8, 4) is 21.7 Å². The number of hydrogen-bond acceptors (Lipinski definition) is 5. The molecule has 3 aromatic heterocycles. The van der Waals surface area contributed by atoms with Crippen molar-refractivity contribution < 1.29 is 30.0 Å². The van der Waals surface area contributed by atoms with Gasteiger partial charge in [-0.3, -0.25) is 14.8 Å². The number of carbonyl (C=O) groups excluding carboxylic acids is 1. The number of rotatable bonds is 10. The Morgan fingerprint density at radius 3 is 2.27 bits per heavy atom. The molecule has 0 fully saturated rings. The van der Waals surface area contributed by atoms with Gasteiger partial charge in [-0.25, -0.2) is 0 Å². The second-order valence-electron chi connectivity index (χ2n) is 15.2. The molecule has 0 saturated carbocycles. The Morgan fingerprint density at radius 2 is 1.63 bits per heavy atom. The number of aromatic nitrogens is 2. The van der Waals surface area contributed by atoms with Gasteiger partial charge < -0.3 is 5.11 Å². The zero-order chi connectivity index (χ0) is 36.2. The number of benzene rings is 2. The monoisotopic (exact) mass is 880 g/mol. The number of aryl methyl sites for hydroxylation is 2. The van der Waals surface area contributed by atoms with Crippen LogP contribution in [0, 0.1) is 23.8 Å². The molecule has 0 atom stereocenters. The fourth-order valence-electron chi connectivity index (χ4n) is 7.21. The van der Waals surface area contributed by atoms with Crippen molar-refractivity contribution in [3.63, 3.8) is 0 Å². The van der Waals surface area contributed by atoms with Crippen LogP contribution in [0.15, 0.2) is 66.6 Å². The number of ketones is 1. The van der Waals surface area contributed by atoms with Crippen LogP contribution in [0.5, 0.6) is 0 Å². The zero-order valence-corrected chi connectivity index (χ0v) is 35.2. The molecular formula is C45H55IrN2O2S-. The zero-order valence-electron chi connectivity index (χ0n) is 31.9. The van der Waals surface area contributed by atoms with Gasteiger partial charge >= 0.3 is 0 Å². The first-order valence-electron chi connectivity index (χ1n) is 18.7. The Hall–Kier alpha value is -3.18. The second-order valence-corrected chi connectivity index (χ2v) is 16.3. The van der Waals surface area contributed by atoms with Gasteiger partial charge in [0.2, 0.25) is 0 Å². The number of allylic oxidation sites excluding steroid dienone is 2. The summed E-state index contributed by atoms with van der Waals surface area (Å²) in [5, 5.41) is 13.5. The van der Waals surface area contributed by atoms with Crippen LogP contribution in [0.4, 0.5) is 0 Å². The first-order valence-corrected chi connectivity index (χ1v) is 19.5. The summed E-state index contributed by atoms with van der Waals surface area (Å²) < 4.78 is 1.27. The number of carbonyl (C=O) groups is 1. The van der Waals surface area contributed by atoms with Gasteiger partial charge in [0.25, 0.3) is 0 Å². The summed E-state index contributed by atoms with van der Waals surface area (Å²) in [5.41, 5.74) is 8.74. The van der Waals surface area contributed by atoms with Gasteiger partial charge in [-0.2, -0.15) is 0 Å². The molecule has 273 valence electrons. The molecule has 1 aliphatic rings. The summed E-state index contributed by atoms with van der Waals surface area (Å²) in [6, 6.07) is 21.4. The van der Waals surface area contributed by atoms with Gasteiger partial charge in [0, 0.05) is 76.4 Å². The Bertz CT molecular complexity index is 1990. The number of aliphatic hydroxyl groups is 1. The molecule has 0 unspecified atom stereocenters. The second kappa shape index (κ2) is 17.6. The molecular weight excluding hydrogens is 825 g/mol. The van der Waals surface area contributed by atoms with Crippen LogP contribution in [0.1, 0.15) is 111 Å². The van der Waals surface area contributed by atoms with Crippen molar-refractivity contribution in [2.45, 2.75) is 113 Å². The molecule has 5 aromatic rings. The van der Waals surface area contributed by atoms with E-state index in [0.717, 1.165) is 61.6 Å². The SMILES string of the molecule is CC(C)Cc1ccc2c(n1)CCc1c-2sc2c(-c3[c-]c4ccccc4c(C(C)(C)C)c3)nccc12.CCC(CC)C(=O)/C=C(\O)C(CC)CC.[Ir]. The molecule has 6 rings (SSSR count). The van der Waals surface area contributed by atoms with E-state index in [1.165, 1.54) is 54.5 Å². The molecule has 1 aliphatic carbocycles. The van der Waals surface area contributed by atoms with Gasteiger partial charge in [-0.15, -0.1) is 40.5 Å². The Kier molecular flexibility index (Phi) is 14.0. The molecule has 3 heterocycles. The molecule has 0 spiro atoms. The average Bonchev–Trinajstić information content (AvgIpc) is 3.48. The molecule has 1 N–H and O–H groups in total. The van der Waals surface area contributed by atoms with Crippen LogP contribution in [0.3, 0.4) is 0 Å². The molecule has 4 nitrogen and oxygen atoms in total. The third-order valence-electron chi connectivity index (χ3n) is 10.1. The number of hydrogen-bond donors (Lipinski definition) is 1. The van der Waals surface area contributed by atoms with Crippen molar-refractivity contribution in [1.29, 1.82) is 0 Å². The fourth-order valence-corrected chi connectivity index (χ4v) is 8.61. The summed E-state index contributed by atoms with van der Waals surface area (Å²) in [7, 11) is 0. The first kappa shape index (κ1) is 40.6. The first-order chi connectivity index (χ1) is 23.9. The molecule has 0 bridgehead atoms. The van der Waals surface area contributed by atoms with Crippen LogP contribution in [0.2, 0.25) is 0 Å². The third kappa shape index (κ3) is 9.07. The predicted octanol–water partition coefficient (Wildman–Crippen LogP) is 12.4. The number of fused-ring (bicyclic) bond motifs is 6. The molecule has 2 aromatic carbocycles. The van der Waals surface area contributed by atoms with E-state index in [1.54, 1.807) is 0 Å². The van der Waals surface area contributed by atoms with Crippen molar-refractivity contribution in [2.75, 3.05) is 0 Å². The molecule has 1 radical (unpaired) electrons.